The molecule has 2 nitrogen and oxygen atoms in total. The standard InChI is InChI=1S/C12H12N2/c1-9-4-2-3-5-10(9)11-8-14-7-6-12(11)13/h2-8H,1H3,(H2,13,14). The Morgan fingerprint density at radius 1 is 1.07 bits per heavy atom. The lowest BCUT2D eigenvalue weighted by molar-refractivity contribution is 1.32. The average Bonchev–Trinajstić information content (AvgIpc) is 2.20. The quantitative estimate of drug-likeness (QED) is 0.740. The van der Waals surface area contributed by atoms with E-state index in [4.69, 9.17) is 5.73 Å². The third-order valence-electron chi connectivity index (χ3n) is 2.29. The van der Waals surface area contributed by atoms with E-state index in [1.54, 1.807) is 12.4 Å². The molecule has 0 saturated heterocycles. The Morgan fingerprint density at radius 3 is 2.57 bits per heavy atom. The Balaban J connectivity index is 2.61. The number of nitrogens with zero attached hydrogens (tertiary/aromatic N) is 1. The summed E-state index contributed by atoms with van der Waals surface area (Å²) in [7, 11) is 0. The van der Waals surface area contributed by atoms with Crippen LogP contribution in [0.2, 0.25) is 0 Å². The molecule has 0 fully saturated rings. The molecule has 70 valence electrons. The molecule has 1 aromatic heterocycles. The molecule has 14 heavy (non-hydrogen) atoms. The summed E-state index contributed by atoms with van der Waals surface area (Å²) in [6.45, 7) is 2.07. The lowest BCUT2D eigenvalue weighted by atomic mass is 10.0. The largest absolute Gasteiger partial charge is 0.398 e. The summed E-state index contributed by atoms with van der Waals surface area (Å²) in [6.07, 6.45) is 3.51. The van der Waals surface area contributed by atoms with E-state index in [0.29, 0.717) is 0 Å². The van der Waals surface area contributed by atoms with Crippen molar-refractivity contribution in [1.29, 1.82) is 0 Å². The second-order valence-electron chi connectivity index (χ2n) is 3.28. The predicted octanol–water partition coefficient (Wildman–Crippen LogP) is 2.64. The Bertz CT molecular complexity index is 406. The molecule has 0 aliphatic heterocycles. The van der Waals surface area contributed by atoms with Gasteiger partial charge in [-0.3, -0.25) is 4.98 Å². The predicted molar refractivity (Wildman–Crippen MR) is 58.8 cm³/mol. The number of hydrogen-bond donors (Lipinski definition) is 1. The Kier molecular flexibility index (Phi) is 2.19. The molecule has 1 heterocycles. The molecule has 0 radical (unpaired) electrons. The van der Waals surface area contributed by atoms with Crippen LogP contribution in [0, 0.1) is 6.92 Å². The molecule has 2 aromatic rings. The monoisotopic (exact) mass is 184 g/mol. The number of nitrogens with two attached hydrogens (primary N) is 1. The molecule has 0 aliphatic carbocycles. The second kappa shape index (κ2) is 3.50. The number of anilines is 1. The molecular weight excluding hydrogens is 172 g/mol. The first-order valence-electron chi connectivity index (χ1n) is 4.54. The van der Waals surface area contributed by atoms with Crippen LogP contribution < -0.4 is 5.73 Å². The van der Waals surface area contributed by atoms with Crippen LogP contribution in [0.5, 0.6) is 0 Å². The minimum atomic E-state index is 0.773. The molecule has 2 heteroatoms. The van der Waals surface area contributed by atoms with Gasteiger partial charge >= 0.3 is 0 Å². The van der Waals surface area contributed by atoms with Gasteiger partial charge in [0.1, 0.15) is 0 Å². The maximum atomic E-state index is 5.88. The van der Waals surface area contributed by atoms with Gasteiger partial charge in [0.05, 0.1) is 0 Å². The summed E-state index contributed by atoms with van der Waals surface area (Å²) in [5, 5.41) is 0. The summed E-state index contributed by atoms with van der Waals surface area (Å²) in [5.74, 6) is 0. The third kappa shape index (κ3) is 1.46. The molecular formula is C12H12N2. The topological polar surface area (TPSA) is 38.9 Å². The van der Waals surface area contributed by atoms with Crippen LogP contribution in [-0.4, -0.2) is 4.98 Å². The van der Waals surface area contributed by atoms with Gasteiger partial charge in [-0.15, -0.1) is 0 Å². The van der Waals surface area contributed by atoms with Crippen molar-refractivity contribution in [2.45, 2.75) is 6.92 Å². The number of benzene rings is 1. The summed E-state index contributed by atoms with van der Waals surface area (Å²) >= 11 is 0. The number of aromatic nitrogens is 1. The van der Waals surface area contributed by atoms with E-state index in [1.807, 2.05) is 18.2 Å². The number of aryl methyl sites for hydroxylation is 1. The van der Waals surface area contributed by atoms with E-state index in [0.717, 1.165) is 16.8 Å². The van der Waals surface area contributed by atoms with Crippen molar-refractivity contribution in [3.8, 4) is 11.1 Å². The van der Waals surface area contributed by atoms with E-state index in [-0.39, 0.29) is 0 Å². The fourth-order valence-corrected chi connectivity index (χ4v) is 1.51. The van der Waals surface area contributed by atoms with Crippen LogP contribution >= 0.6 is 0 Å². The first-order chi connectivity index (χ1) is 6.79. The number of nitrogen functional groups attached to an aromatic ring is 1. The zero-order chi connectivity index (χ0) is 9.97. The van der Waals surface area contributed by atoms with Gasteiger partial charge in [-0.1, -0.05) is 24.3 Å². The van der Waals surface area contributed by atoms with Gasteiger partial charge in [-0.05, 0) is 24.1 Å². The molecule has 0 unspecified atom stereocenters. The van der Waals surface area contributed by atoms with Crippen LogP contribution in [0.15, 0.2) is 42.7 Å². The van der Waals surface area contributed by atoms with Crippen molar-refractivity contribution in [2.24, 2.45) is 0 Å². The Morgan fingerprint density at radius 2 is 1.86 bits per heavy atom. The van der Waals surface area contributed by atoms with Crippen molar-refractivity contribution in [1.82, 2.24) is 4.98 Å². The highest BCUT2D eigenvalue weighted by atomic mass is 14.7. The molecule has 0 bridgehead atoms. The van der Waals surface area contributed by atoms with Gasteiger partial charge in [0.25, 0.3) is 0 Å². The van der Waals surface area contributed by atoms with Crippen LogP contribution in [0.3, 0.4) is 0 Å². The minimum Gasteiger partial charge on any atom is -0.398 e. The molecule has 0 spiro atoms. The van der Waals surface area contributed by atoms with Gasteiger partial charge in [0.15, 0.2) is 0 Å². The van der Waals surface area contributed by atoms with Crippen molar-refractivity contribution in [2.75, 3.05) is 5.73 Å². The lowest BCUT2D eigenvalue weighted by Gasteiger charge is -2.07. The summed E-state index contributed by atoms with van der Waals surface area (Å²) in [4.78, 5) is 4.08. The molecule has 0 aliphatic rings. The average molecular weight is 184 g/mol. The molecule has 1 aromatic carbocycles. The fraction of sp³-hybridized carbons (Fsp3) is 0.0833. The summed E-state index contributed by atoms with van der Waals surface area (Å²) in [5.41, 5.74) is 10.0. The van der Waals surface area contributed by atoms with Crippen molar-refractivity contribution in [3.63, 3.8) is 0 Å². The molecule has 2 N–H and O–H groups in total. The number of hydrogen-bond acceptors (Lipinski definition) is 2. The summed E-state index contributed by atoms with van der Waals surface area (Å²) < 4.78 is 0. The van der Waals surface area contributed by atoms with E-state index in [9.17, 15) is 0 Å². The zero-order valence-corrected chi connectivity index (χ0v) is 8.07. The van der Waals surface area contributed by atoms with Gasteiger partial charge in [-0.25, -0.2) is 0 Å². The maximum absolute atomic E-state index is 5.88. The molecule has 0 saturated carbocycles. The zero-order valence-electron chi connectivity index (χ0n) is 8.07. The molecule has 0 amide bonds. The van der Waals surface area contributed by atoms with Gasteiger partial charge in [0.2, 0.25) is 0 Å². The summed E-state index contributed by atoms with van der Waals surface area (Å²) in [6, 6.07) is 9.98. The Labute approximate surface area is 83.4 Å². The smallest absolute Gasteiger partial charge is 0.0424 e. The van der Waals surface area contributed by atoms with Crippen LogP contribution in [0.4, 0.5) is 5.69 Å². The van der Waals surface area contributed by atoms with Crippen molar-refractivity contribution in [3.05, 3.63) is 48.3 Å². The van der Waals surface area contributed by atoms with E-state index >= 15 is 0 Å². The SMILES string of the molecule is Cc1ccccc1-c1cnccc1N. The molecule has 0 atom stereocenters. The maximum Gasteiger partial charge on any atom is 0.0424 e. The van der Waals surface area contributed by atoms with Crippen molar-refractivity contribution >= 4 is 5.69 Å². The van der Waals surface area contributed by atoms with Crippen LogP contribution in [0.25, 0.3) is 11.1 Å². The highest BCUT2D eigenvalue weighted by Gasteiger charge is 2.03. The highest BCUT2D eigenvalue weighted by Crippen LogP contribution is 2.26. The third-order valence-corrected chi connectivity index (χ3v) is 2.29. The van der Waals surface area contributed by atoms with Gasteiger partial charge in [-0.2, -0.15) is 0 Å². The Hall–Kier alpha value is -1.83. The van der Waals surface area contributed by atoms with Gasteiger partial charge < -0.3 is 5.73 Å². The highest BCUT2D eigenvalue weighted by molar-refractivity contribution is 5.77. The fourth-order valence-electron chi connectivity index (χ4n) is 1.51. The first kappa shape index (κ1) is 8.75. The molecule has 2 rings (SSSR count). The van der Waals surface area contributed by atoms with Crippen molar-refractivity contribution < 1.29 is 0 Å². The van der Waals surface area contributed by atoms with E-state index < -0.39 is 0 Å². The first-order valence-corrected chi connectivity index (χ1v) is 4.54. The normalized spacial score (nSPS) is 10.1. The second-order valence-corrected chi connectivity index (χ2v) is 3.28. The lowest BCUT2D eigenvalue weighted by Crippen LogP contribution is -1.92. The minimum absolute atomic E-state index is 0.773. The number of pyridine rings is 1. The van der Waals surface area contributed by atoms with Gasteiger partial charge in [0, 0.05) is 23.6 Å². The van der Waals surface area contributed by atoms with Crippen LogP contribution in [0.1, 0.15) is 5.56 Å². The van der Waals surface area contributed by atoms with E-state index in [1.165, 1.54) is 5.56 Å². The van der Waals surface area contributed by atoms with E-state index in [2.05, 4.69) is 24.0 Å². The van der Waals surface area contributed by atoms with Crippen LogP contribution in [-0.2, 0) is 0 Å². The number of rotatable bonds is 1.